The van der Waals surface area contributed by atoms with Gasteiger partial charge in [-0.1, -0.05) is 6.42 Å². The molecule has 2 fully saturated rings. The summed E-state index contributed by atoms with van der Waals surface area (Å²) >= 11 is 0. The zero-order valence-electron chi connectivity index (χ0n) is 6.01. The van der Waals surface area contributed by atoms with E-state index < -0.39 is 0 Å². The average molecular weight is 164 g/mol. The minimum atomic E-state index is 0. The van der Waals surface area contributed by atoms with Gasteiger partial charge in [-0.3, -0.25) is 0 Å². The highest BCUT2D eigenvalue weighted by atomic mass is 35.5. The summed E-state index contributed by atoms with van der Waals surface area (Å²) in [4.78, 5) is 0. The molecule has 0 aliphatic carbocycles. The van der Waals surface area contributed by atoms with Crippen LogP contribution in [0.4, 0.5) is 0 Å². The molecule has 0 aromatic carbocycles. The van der Waals surface area contributed by atoms with Crippen molar-refractivity contribution < 1.29 is 4.74 Å². The van der Waals surface area contributed by atoms with Gasteiger partial charge >= 0.3 is 0 Å². The van der Waals surface area contributed by atoms with Crippen LogP contribution in [0.3, 0.4) is 0 Å². The predicted octanol–water partition coefficient (Wildman–Crippen LogP) is 0.949. The topological polar surface area (TPSA) is 21.3 Å². The van der Waals surface area contributed by atoms with Crippen LogP contribution in [0.1, 0.15) is 19.3 Å². The van der Waals surface area contributed by atoms with E-state index in [1.807, 2.05) is 0 Å². The molecule has 2 aliphatic heterocycles. The van der Waals surface area contributed by atoms with Gasteiger partial charge in [0.2, 0.25) is 0 Å². The number of hydrogen-bond donors (Lipinski definition) is 1. The van der Waals surface area contributed by atoms with Crippen LogP contribution in [-0.4, -0.2) is 25.3 Å². The van der Waals surface area contributed by atoms with Crippen molar-refractivity contribution in [2.24, 2.45) is 0 Å². The molecule has 2 atom stereocenters. The highest BCUT2D eigenvalue weighted by molar-refractivity contribution is 5.85. The molecular formula is C7H14ClNO. The van der Waals surface area contributed by atoms with Crippen molar-refractivity contribution in [2.75, 3.05) is 13.2 Å². The van der Waals surface area contributed by atoms with Gasteiger partial charge in [0.15, 0.2) is 0 Å². The summed E-state index contributed by atoms with van der Waals surface area (Å²) in [6, 6.07) is 1.36. The van der Waals surface area contributed by atoms with Crippen molar-refractivity contribution in [1.82, 2.24) is 5.32 Å². The van der Waals surface area contributed by atoms with Crippen molar-refractivity contribution in [3.05, 3.63) is 0 Å². The van der Waals surface area contributed by atoms with E-state index >= 15 is 0 Å². The Bertz CT molecular complexity index is 89.8. The predicted molar refractivity (Wildman–Crippen MR) is 42.6 cm³/mol. The van der Waals surface area contributed by atoms with Crippen LogP contribution in [-0.2, 0) is 4.74 Å². The zero-order chi connectivity index (χ0) is 6.10. The van der Waals surface area contributed by atoms with Crippen LogP contribution in [0.25, 0.3) is 0 Å². The van der Waals surface area contributed by atoms with Gasteiger partial charge in [-0.15, -0.1) is 12.4 Å². The van der Waals surface area contributed by atoms with Crippen LogP contribution < -0.4 is 5.32 Å². The number of halogens is 1. The van der Waals surface area contributed by atoms with E-state index in [9.17, 15) is 0 Å². The van der Waals surface area contributed by atoms with E-state index in [1.54, 1.807) is 0 Å². The summed E-state index contributed by atoms with van der Waals surface area (Å²) in [6.45, 7) is 1.88. The summed E-state index contributed by atoms with van der Waals surface area (Å²) < 4.78 is 5.37. The van der Waals surface area contributed by atoms with E-state index in [-0.39, 0.29) is 12.4 Å². The molecule has 2 aliphatic rings. The molecule has 2 rings (SSSR count). The highest BCUT2D eigenvalue weighted by Crippen LogP contribution is 2.16. The zero-order valence-corrected chi connectivity index (χ0v) is 6.82. The quantitative estimate of drug-likeness (QED) is 0.574. The lowest BCUT2D eigenvalue weighted by Crippen LogP contribution is -2.51. The maximum absolute atomic E-state index is 5.37. The van der Waals surface area contributed by atoms with Gasteiger partial charge in [0.05, 0.1) is 13.2 Å². The van der Waals surface area contributed by atoms with Crippen molar-refractivity contribution in [3.63, 3.8) is 0 Å². The second kappa shape index (κ2) is 3.56. The summed E-state index contributed by atoms with van der Waals surface area (Å²) in [5, 5.41) is 3.53. The van der Waals surface area contributed by atoms with Crippen LogP contribution in [0, 0.1) is 0 Å². The summed E-state index contributed by atoms with van der Waals surface area (Å²) in [7, 11) is 0. The molecule has 0 amide bonds. The Morgan fingerprint density at radius 2 is 1.70 bits per heavy atom. The van der Waals surface area contributed by atoms with Gasteiger partial charge in [0.25, 0.3) is 0 Å². The van der Waals surface area contributed by atoms with Gasteiger partial charge in [-0.2, -0.15) is 0 Å². The first kappa shape index (κ1) is 8.31. The minimum absolute atomic E-state index is 0. The van der Waals surface area contributed by atoms with Crippen molar-refractivity contribution in [3.8, 4) is 0 Å². The number of nitrogens with one attached hydrogen (secondary N) is 1. The fourth-order valence-corrected chi connectivity index (χ4v) is 1.73. The lowest BCUT2D eigenvalue weighted by atomic mass is 9.98. The molecule has 2 saturated heterocycles. The molecular weight excluding hydrogens is 150 g/mol. The third-order valence-electron chi connectivity index (χ3n) is 2.21. The molecule has 2 heterocycles. The first-order valence-corrected chi connectivity index (χ1v) is 3.79. The molecule has 0 aromatic heterocycles. The minimum Gasteiger partial charge on any atom is -0.378 e. The Morgan fingerprint density at radius 3 is 2.20 bits per heavy atom. The van der Waals surface area contributed by atoms with E-state index in [1.165, 1.54) is 19.3 Å². The lowest BCUT2D eigenvalue weighted by molar-refractivity contribution is 0.0238. The molecule has 1 N–H and O–H groups in total. The average Bonchev–Trinajstić information content (AvgIpc) is 1.88. The Kier molecular flexibility index (Phi) is 2.96. The Morgan fingerprint density at radius 1 is 1.10 bits per heavy atom. The van der Waals surface area contributed by atoms with Crippen LogP contribution in [0.5, 0.6) is 0 Å². The van der Waals surface area contributed by atoms with E-state index in [2.05, 4.69) is 5.32 Å². The summed E-state index contributed by atoms with van der Waals surface area (Å²) in [5.74, 6) is 0. The fraction of sp³-hybridized carbons (Fsp3) is 1.00. The number of morpholine rings is 1. The maximum Gasteiger partial charge on any atom is 0.0620 e. The molecule has 2 nitrogen and oxygen atoms in total. The Labute approximate surface area is 67.7 Å². The smallest absolute Gasteiger partial charge is 0.0620 e. The maximum atomic E-state index is 5.37. The molecule has 0 unspecified atom stereocenters. The Balaban J connectivity index is 0.000000500. The molecule has 10 heavy (non-hydrogen) atoms. The van der Waals surface area contributed by atoms with Gasteiger partial charge in [0.1, 0.15) is 0 Å². The van der Waals surface area contributed by atoms with Crippen LogP contribution in [0.2, 0.25) is 0 Å². The SMILES string of the molecule is C1C[C@@H]2COC[C@H](C1)N2.Cl. The molecule has 3 heteroatoms. The third-order valence-corrected chi connectivity index (χ3v) is 2.21. The highest BCUT2D eigenvalue weighted by Gasteiger charge is 2.24. The molecule has 0 radical (unpaired) electrons. The number of ether oxygens (including phenoxy) is 1. The van der Waals surface area contributed by atoms with Gasteiger partial charge in [-0.05, 0) is 12.8 Å². The standard InChI is InChI=1S/C7H13NO.ClH/c1-2-6-4-9-5-7(3-1)8-6;/h6-8H,1-5H2;1H/t6-,7+;. The second-order valence-electron chi connectivity index (χ2n) is 3.03. The molecule has 2 bridgehead atoms. The lowest BCUT2D eigenvalue weighted by Gasteiger charge is -2.35. The van der Waals surface area contributed by atoms with Gasteiger partial charge in [-0.25, -0.2) is 0 Å². The van der Waals surface area contributed by atoms with Crippen molar-refractivity contribution in [2.45, 2.75) is 31.3 Å². The fourth-order valence-electron chi connectivity index (χ4n) is 1.73. The van der Waals surface area contributed by atoms with E-state index in [0.29, 0.717) is 12.1 Å². The monoisotopic (exact) mass is 163 g/mol. The molecule has 60 valence electrons. The number of fused-ring (bicyclic) bond motifs is 2. The second-order valence-corrected chi connectivity index (χ2v) is 3.03. The summed E-state index contributed by atoms with van der Waals surface area (Å²) in [5.41, 5.74) is 0. The normalized spacial score (nSPS) is 38.4. The van der Waals surface area contributed by atoms with Crippen molar-refractivity contribution in [1.29, 1.82) is 0 Å². The van der Waals surface area contributed by atoms with Gasteiger partial charge < -0.3 is 10.1 Å². The summed E-state index contributed by atoms with van der Waals surface area (Å²) in [6.07, 6.45) is 4.03. The first-order chi connectivity index (χ1) is 4.45. The number of rotatable bonds is 0. The van der Waals surface area contributed by atoms with Crippen LogP contribution >= 0.6 is 12.4 Å². The third kappa shape index (κ3) is 1.62. The van der Waals surface area contributed by atoms with Crippen LogP contribution in [0.15, 0.2) is 0 Å². The first-order valence-electron chi connectivity index (χ1n) is 3.79. The molecule has 0 saturated carbocycles. The number of piperidine rings is 1. The Hall–Kier alpha value is 0.210. The van der Waals surface area contributed by atoms with E-state index in [0.717, 1.165) is 13.2 Å². The number of hydrogen-bond acceptors (Lipinski definition) is 2. The molecule has 0 spiro atoms. The largest absolute Gasteiger partial charge is 0.378 e. The van der Waals surface area contributed by atoms with Gasteiger partial charge in [0, 0.05) is 12.1 Å². The van der Waals surface area contributed by atoms with E-state index in [4.69, 9.17) is 4.74 Å². The van der Waals surface area contributed by atoms with Crippen molar-refractivity contribution >= 4 is 12.4 Å². The molecule has 0 aromatic rings.